The summed E-state index contributed by atoms with van der Waals surface area (Å²) in [6.45, 7) is 7.18. The number of hydrogen-bond donors (Lipinski definition) is 1. The number of nitrogens with two attached hydrogens (primary N) is 1. The minimum atomic E-state index is 0.496. The van der Waals surface area contributed by atoms with Crippen molar-refractivity contribution in [3.8, 4) is 0 Å². The standard InChI is InChI=1S/C13H18N2/c1-9(2)15-10(3)7-12-11(8-14)5-4-6-13(12)15/h4-7,9H,8,14H2,1-3H3. The fourth-order valence-electron chi connectivity index (χ4n) is 2.31. The molecular weight excluding hydrogens is 184 g/mol. The van der Waals surface area contributed by atoms with Gasteiger partial charge in [-0.15, -0.1) is 0 Å². The lowest BCUT2D eigenvalue weighted by Crippen LogP contribution is -2.02. The summed E-state index contributed by atoms with van der Waals surface area (Å²) in [6.07, 6.45) is 0. The lowest BCUT2D eigenvalue weighted by molar-refractivity contribution is 0.608. The largest absolute Gasteiger partial charge is 0.342 e. The highest BCUT2D eigenvalue weighted by Crippen LogP contribution is 2.26. The molecule has 2 nitrogen and oxygen atoms in total. The molecule has 0 saturated heterocycles. The van der Waals surface area contributed by atoms with Gasteiger partial charge in [-0.3, -0.25) is 0 Å². The number of benzene rings is 1. The van der Waals surface area contributed by atoms with Crippen molar-refractivity contribution < 1.29 is 0 Å². The van der Waals surface area contributed by atoms with Crippen LogP contribution in [0.5, 0.6) is 0 Å². The second-order valence-electron chi connectivity index (χ2n) is 4.30. The summed E-state index contributed by atoms with van der Waals surface area (Å²) in [5.41, 5.74) is 9.58. The Kier molecular flexibility index (Phi) is 2.53. The van der Waals surface area contributed by atoms with Crippen molar-refractivity contribution in [2.24, 2.45) is 5.73 Å². The van der Waals surface area contributed by atoms with Crippen LogP contribution >= 0.6 is 0 Å². The number of fused-ring (bicyclic) bond motifs is 1. The number of rotatable bonds is 2. The molecular formula is C13H18N2. The molecule has 0 aliphatic carbocycles. The van der Waals surface area contributed by atoms with Crippen molar-refractivity contribution in [2.75, 3.05) is 0 Å². The average Bonchev–Trinajstić information content (AvgIpc) is 2.53. The van der Waals surface area contributed by atoms with Crippen LogP contribution in [-0.4, -0.2) is 4.57 Å². The first-order valence-electron chi connectivity index (χ1n) is 5.44. The molecule has 0 fully saturated rings. The van der Waals surface area contributed by atoms with E-state index in [4.69, 9.17) is 5.73 Å². The first-order valence-corrected chi connectivity index (χ1v) is 5.44. The molecule has 80 valence electrons. The predicted octanol–water partition coefficient (Wildman–Crippen LogP) is 2.99. The Bertz CT molecular complexity index is 480. The zero-order valence-electron chi connectivity index (χ0n) is 9.62. The summed E-state index contributed by atoms with van der Waals surface area (Å²) in [4.78, 5) is 0. The monoisotopic (exact) mass is 202 g/mol. The third kappa shape index (κ3) is 1.55. The van der Waals surface area contributed by atoms with Crippen LogP contribution in [0.4, 0.5) is 0 Å². The Morgan fingerprint density at radius 1 is 1.33 bits per heavy atom. The van der Waals surface area contributed by atoms with Gasteiger partial charge in [0.1, 0.15) is 0 Å². The van der Waals surface area contributed by atoms with E-state index >= 15 is 0 Å². The molecule has 1 aromatic heterocycles. The molecule has 0 bridgehead atoms. The van der Waals surface area contributed by atoms with Gasteiger partial charge >= 0.3 is 0 Å². The topological polar surface area (TPSA) is 30.9 Å². The first kappa shape index (κ1) is 10.2. The third-order valence-electron chi connectivity index (χ3n) is 2.90. The molecule has 2 heteroatoms. The molecule has 0 amide bonds. The minimum absolute atomic E-state index is 0.496. The molecule has 0 unspecified atom stereocenters. The number of nitrogens with zero attached hydrogens (tertiary/aromatic N) is 1. The van der Waals surface area contributed by atoms with Crippen LogP contribution < -0.4 is 5.73 Å². The zero-order chi connectivity index (χ0) is 11.0. The van der Waals surface area contributed by atoms with Gasteiger partial charge in [0.25, 0.3) is 0 Å². The van der Waals surface area contributed by atoms with Crippen molar-refractivity contribution in [3.63, 3.8) is 0 Å². The smallest absolute Gasteiger partial charge is 0.0488 e. The fourth-order valence-corrected chi connectivity index (χ4v) is 2.31. The second-order valence-corrected chi connectivity index (χ2v) is 4.30. The van der Waals surface area contributed by atoms with Crippen LogP contribution in [0.1, 0.15) is 31.1 Å². The van der Waals surface area contributed by atoms with E-state index in [1.807, 2.05) is 0 Å². The van der Waals surface area contributed by atoms with Gasteiger partial charge in [-0.2, -0.15) is 0 Å². The summed E-state index contributed by atoms with van der Waals surface area (Å²) >= 11 is 0. The average molecular weight is 202 g/mol. The van der Waals surface area contributed by atoms with E-state index in [-0.39, 0.29) is 0 Å². The number of hydrogen-bond acceptors (Lipinski definition) is 1. The molecule has 0 radical (unpaired) electrons. The molecule has 2 N–H and O–H groups in total. The van der Waals surface area contributed by atoms with E-state index in [0.717, 1.165) is 0 Å². The van der Waals surface area contributed by atoms with Crippen LogP contribution in [-0.2, 0) is 6.54 Å². The summed E-state index contributed by atoms with van der Waals surface area (Å²) in [6, 6.07) is 9.09. The highest BCUT2D eigenvalue weighted by Gasteiger charge is 2.09. The Hall–Kier alpha value is -1.28. The highest BCUT2D eigenvalue weighted by atomic mass is 15.0. The quantitative estimate of drug-likeness (QED) is 0.797. The molecule has 2 aromatic rings. The maximum atomic E-state index is 5.74. The van der Waals surface area contributed by atoms with Crippen molar-refractivity contribution in [2.45, 2.75) is 33.4 Å². The van der Waals surface area contributed by atoms with Gasteiger partial charge < -0.3 is 10.3 Å². The van der Waals surface area contributed by atoms with Gasteiger partial charge in [0.2, 0.25) is 0 Å². The van der Waals surface area contributed by atoms with Gasteiger partial charge in [-0.05, 0) is 38.5 Å². The van der Waals surface area contributed by atoms with Crippen LogP contribution in [0.25, 0.3) is 10.9 Å². The Labute approximate surface area is 90.7 Å². The van der Waals surface area contributed by atoms with E-state index in [1.54, 1.807) is 0 Å². The zero-order valence-corrected chi connectivity index (χ0v) is 9.62. The predicted molar refractivity (Wildman–Crippen MR) is 65.0 cm³/mol. The van der Waals surface area contributed by atoms with Crippen LogP contribution in [0.3, 0.4) is 0 Å². The molecule has 0 saturated carbocycles. The van der Waals surface area contributed by atoms with Crippen LogP contribution in [0.15, 0.2) is 24.3 Å². The maximum Gasteiger partial charge on any atom is 0.0488 e. The molecule has 0 spiro atoms. The molecule has 1 heterocycles. The van der Waals surface area contributed by atoms with Gasteiger partial charge in [0.05, 0.1) is 0 Å². The van der Waals surface area contributed by atoms with Gasteiger partial charge in [-0.1, -0.05) is 12.1 Å². The van der Waals surface area contributed by atoms with Crippen LogP contribution in [0, 0.1) is 6.92 Å². The van der Waals surface area contributed by atoms with Crippen molar-refractivity contribution >= 4 is 10.9 Å². The highest BCUT2D eigenvalue weighted by molar-refractivity contribution is 5.84. The van der Waals surface area contributed by atoms with Crippen molar-refractivity contribution in [3.05, 3.63) is 35.5 Å². The summed E-state index contributed by atoms with van der Waals surface area (Å²) in [5, 5.41) is 1.30. The Morgan fingerprint density at radius 2 is 2.07 bits per heavy atom. The second kappa shape index (κ2) is 3.70. The SMILES string of the molecule is Cc1cc2c(CN)cccc2n1C(C)C. The Morgan fingerprint density at radius 3 is 2.67 bits per heavy atom. The van der Waals surface area contributed by atoms with E-state index in [2.05, 4.69) is 49.6 Å². The van der Waals surface area contributed by atoms with Gasteiger partial charge in [0.15, 0.2) is 0 Å². The van der Waals surface area contributed by atoms with E-state index in [1.165, 1.54) is 22.2 Å². The maximum absolute atomic E-state index is 5.74. The van der Waals surface area contributed by atoms with Crippen molar-refractivity contribution in [1.82, 2.24) is 4.57 Å². The van der Waals surface area contributed by atoms with Crippen molar-refractivity contribution in [1.29, 1.82) is 0 Å². The van der Waals surface area contributed by atoms with Gasteiger partial charge in [-0.25, -0.2) is 0 Å². The summed E-state index contributed by atoms with van der Waals surface area (Å²) < 4.78 is 2.36. The Balaban J connectivity index is 2.78. The number of aromatic nitrogens is 1. The van der Waals surface area contributed by atoms with E-state index < -0.39 is 0 Å². The first-order chi connectivity index (χ1) is 7.15. The molecule has 0 atom stereocenters. The molecule has 0 aliphatic rings. The summed E-state index contributed by atoms with van der Waals surface area (Å²) in [5.74, 6) is 0. The van der Waals surface area contributed by atoms with E-state index in [9.17, 15) is 0 Å². The lowest BCUT2D eigenvalue weighted by atomic mass is 10.1. The molecule has 15 heavy (non-hydrogen) atoms. The normalized spacial score (nSPS) is 11.5. The minimum Gasteiger partial charge on any atom is -0.342 e. The molecule has 0 aliphatic heterocycles. The van der Waals surface area contributed by atoms with Gasteiger partial charge in [0, 0.05) is 29.2 Å². The van der Waals surface area contributed by atoms with E-state index in [0.29, 0.717) is 12.6 Å². The number of aryl methyl sites for hydroxylation is 1. The lowest BCUT2D eigenvalue weighted by Gasteiger charge is -2.12. The molecule has 2 rings (SSSR count). The van der Waals surface area contributed by atoms with Crippen LogP contribution in [0.2, 0.25) is 0 Å². The fraction of sp³-hybridized carbons (Fsp3) is 0.385. The third-order valence-corrected chi connectivity index (χ3v) is 2.90. The summed E-state index contributed by atoms with van der Waals surface area (Å²) in [7, 11) is 0. The molecule has 1 aromatic carbocycles.